The van der Waals surface area contributed by atoms with E-state index < -0.39 is 0 Å². The fourth-order valence-electron chi connectivity index (χ4n) is 0.553. The van der Waals surface area contributed by atoms with Crippen molar-refractivity contribution in [2.24, 2.45) is 0 Å². The van der Waals surface area contributed by atoms with Crippen LogP contribution in [0.4, 0.5) is 0 Å². The predicted octanol–water partition coefficient (Wildman–Crippen LogP) is 2.53. The van der Waals surface area contributed by atoms with Gasteiger partial charge in [-0.05, 0) is 0 Å². The molecule has 0 saturated heterocycles. The number of hydrogen-bond donors (Lipinski definition) is 0. The summed E-state index contributed by atoms with van der Waals surface area (Å²) in [5.74, 6) is 0. The van der Waals surface area contributed by atoms with Gasteiger partial charge < -0.3 is 0 Å². The zero-order valence-electron chi connectivity index (χ0n) is 5.41. The quantitative estimate of drug-likeness (QED) is 0.699. The van der Waals surface area contributed by atoms with Gasteiger partial charge in [-0.3, -0.25) is 0 Å². The van der Waals surface area contributed by atoms with Crippen LogP contribution >= 0.6 is 0 Å². The molecule has 0 rings (SSSR count). The topological polar surface area (TPSA) is 0 Å². The maximum absolute atomic E-state index is 2.36. The van der Waals surface area contributed by atoms with Crippen molar-refractivity contribution < 1.29 is 26.1 Å². The molecule has 0 N–H and O–H groups in total. The van der Waals surface area contributed by atoms with Gasteiger partial charge in [-0.25, -0.2) is 0 Å². The van der Waals surface area contributed by atoms with Crippen LogP contribution in [0.15, 0.2) is 0 Å². The first kappa shape index (κ1) is 7.94. The number of rotatable bonds is 3. The molecule has 1 atom stereocenters. The van der Waals surface area contributed by atoms with E-state index in [-0.39, 0.29) is 0 Å². The SMILES string of the molecule is CCCC[CH](C)[Hg]. The van der Waals surface area contributed by atoms with Crippen molar-refractivity contribution in [1.29, 1.82) is 0 Å². The van der Waals surface area contributed by atoms with Crippen molar-refractivity contribution in [2.45, 2.75) is 36.5 Å². The molecule has 0 amide bonds. The Bertz CT molecular complexity index is 33.2. The molecule has 0 heterocycles. The van der Waals surface area contributed by atoms with Crippen LogP contribution in [0.25, 0.3) is 0 Å². The molecule has 1 unspecified atom stereocenters. The summed E-state index contributed by atoms with van der Waals surface area (Å²) in [6.45, 7) is 4.62. The van der Waals surface area contributed by atoms with Crippen molar-refractivity contribution in [3.63, 3.8) is 0 Å². The molecular weight excluding hydrogens is 273 g/mol. The molecule has 7 heavy (non-hydrogen) atoms. The van der Waals surface area contributed by atoms with Crippen LogP contribution < -0.4 is 0 Å². The summed E-state index contributed by atoms with van der Waals surface area (Å²) < 4.78 is 1.10. The van der Waals surface area contributed by atoms with Crippen LogP contribution in [0.1, 0.15) is 33.1 Å². The number of unbranched alkanes of at least 4 members (excludes halogenated alkanes) is 1. The Kier molecular flexibility index (Phi) is 5.76. The first-order chi connectivity index (χ1) is 3.27. The minimum atomic E-state index is 1.03. The Balaban J connectivity index is 2.68. The number of hydrogen-bond acceptors (Lipinski definition) is 0. The molecule has 0 aromatic heterocycles. The van der Waals surface area contributed by atoms with Crippen molar-refractivity contribution in [2.75, 3.05) is 0 Å². The molecule has 1 heteroatoms. The molecule has 0 aliphatic carbocycles. The molecule has 0 nitrogen and oxygen atoms in total. The molecule has 0 bridgehead atoms. The van der Waals surface area contributed by atoms with Crippen molar-refractivity contribution in [1.82, 2.24) is 0 Å². The third-order valence-electron chi connectivity index (χ3n) is 1.05. The van der Waals surface area contributed by atoms with Gasteiger partial charge in [-0.2, -0.15) is 0 Å². The molecule has 0 aliphatic rings. The summed E-state index contributed by atoms with van der Waals surface area (Å²) >= 11 is 1.03. The Labute approximate surface area is 62.7 Å². The average molecular weight is 286 g/mol. The Morgan fingerprint density at radius 1 is 1.57 bits per heavy atom. The first-order valence-electron chi connectivity index (χ1n) is 3.10. The van der Waals surface area contributed by atoms with Gasteiger partial charge in [-0.1, -0.05) is 0 Å². The minimum absolute atomic E-state index is 1.03. The predicted molar refractivity (Wildman–Crippen MR) is 28.9 cm³/mol. The van der Waals surface area contributed by atoms with E-state index in [2.05, 4.69) is 13.8 Å². The van der Waals surface area contributed by atoms with Gasteiger partial charge in [0.1, 0.15) is 0 Å². The van der Waals surface area contributed by atoms with E-state index in [0.717, 1.165) is 29.5 Å². The molecule has 0 spiro atoms. The maximum atomic E-state index is 2.36. The second-order valence-corrected chi connectivity index (χ2v) is 7.67. The fraction of sp³-hybridized carbons (Fsp3) is 1.00. The molecule has 0 aromatic rings. The molecule has 39 valence electrons. The molecule has 0 aliphatic heterocycles. The van der Waals surface area contributed by atoms with Gasteiger partial charge >= 0.3 is 62.7 Å². The van der Waals surface area contributed by atoms with Crippen LogP contribution in [0, 0.1) is 0 Å². The van der Waals surface area contributed by atoms with Crippen molar-refractivity contribution in [3.8, 4) is 0 Å². The summed E-state index contributed by atoms with van der Waals surface area (Å²) in [7, 11) is 0. The zero-order valence-corrected chi connectivity index (χ0v) is 10.9. The molecule has 0 saturated carbocycles. The third kappa shape index (κ3) is 6.94. The second kappa shape index (κ2) is 5.08. The van der Waals surface area contributed by atoms with Crippen LogP contribution in [0.2, 0.25) is 3.43 Å². The normalized spacial score (nSPS) is 14.3. The van der Waals surface area contributed by atoms with E-state index in [1.807, 2.05) is 0 Å². The summed E-state index contributed by atoms with van der Waals surface area (Å²) in [5.41, 5.74) is 0. The molecule has 0 fully saturated rings. The van der Waals surface area contributed by atoms with Gasteiger partial charge in [0.05, 0.1) is 0 Å². The summed E-state index contributed by atoms with van der Waals surface area (Å²) in [5, 5.41) is 0. The molecule has 0 aromatic carbocycles. The van der Waals surface area contributed by atoms with E-state index in [4.69, 9.17) is 0 Å². The molecular formula is C6H13Hg. The van der Waals surface area contributed by atoms with Crippen molar-refractivity contribution in [3.05, 3.63) is 0 Å². The third-order valence-corrected chi connectivity index (χ3v) is 2.64. The monoisotopic (exact) mass is 287 g/mol. The summed E-state index contributed by atoms with van der Waals surface area (Å²) in [4.78, 5) is 0. The van der Waals surface area contributed by atoms with Crippen LogP contribution in [-0.4, -0.2) is 0 Å². The first-order valence-corrected chi connectivity index (χ1v) is 6.28. The summed E-state index contributed by atoms with van der Waals surface area (Å²) in [6, 6.07) is 0. The van der Waals surface area contributed by atoms with Gasteiger partial charge in [-0.15, -0.1) is 0 Å². The van der Waals surface area contributed by atoms with Gasteiger partial charge in [0.15, 0.2) is 0 Å². The Hall–Kier alpha value is 0.935. The van der Waals surface area contributed by atoms with E-state index in [0.29, 0.717) is 0 Å². The molecule has 0 radical (unpaired) electrons. The van der Waals surface area contributed by atoms with Gasteiger partial charge in [0, 0.05) is 0 Å². The zero-order chi connectivity index (χ0) is 5.70. The standard InChI is InChI=1S/C6H13.Hg/c1-3-5-6-4-2;/h3H,4-6H2,1-2H3;. The van der Waals surface area contributed by atoms with Gasteiger partial charge in [0.2, 0.25) is 0 Å². The summed E-state index contributed by atoms with van der Waals surface area (Å²) in [6.07, 6.45) is 4.31. The Morgan fingerprint density at radius 3 is 2.29 bits per heavy atom. The average Bonchev–Trinajstić information content (AvgIpc) is 1.61. The van der Waals surface area contributed by atoms with Crippen molar-refractivity contribution >= 4 is 0 Å². The van der Waals surface area contributed by atoms with E-state index in [1.54, 1.807) is 0 Å². The van der Waals surface area contributed by atoms with Crippen LogP contribution in [-0.2, 0) is 26.1 Å². The van der Waals surface area contributed by atoms with E-state index in [1.165, 1.54) is 19.3 Å². The fourth-order valence-corrected chi connectivity index (χ4v) is 1.67. The van der Waals surface area contributed by atoms with E-state index >= 15 is 0 Å². The van der Waals surface area contributed by atoms with Crippen LogP contribution in [0.5, 0.6) is 0 Å². The van der Waals surface area contributed by atoms with E-state index in [9.17, 15) is 0 Å². The Morgan fingerprint density at radius 2 is 2.14 bits per heavy atom. The second-order valence-electron chi connectivity index (χ2n) is 2.25. The van der Waals surface area contributed by atoms with Crippen LogP contribution in [0.3, 0.4) is 0 Å². The van der Waals surface area contributed by atoms with Gasteiger partial charge in [0.25, 0.3) is 0 Å².